The third-order valence-corrected chi connectivity index (χ3v) is 6.28. The molecule has 1 amide bonds. The Morgan fingerprint density at radius 1 is 1.12 bits per heavy atom. The minimum absolute atomic E-state index is 0.0162. The fourth-order valence-electron chi connectivity index (χ4n) is 2.91. The van der Waals surface area contributed by atoms with Gasteiger partial charge >= 0.3 is 0 Å². The Hall–Kier alpha value is -1.44. The molecule has 1 aromatic carbocycles. The molecule has 25 heavy (non-hydrogen) atoms. The molecule has 1 aliphatic rings. The highest BCUT2D eigenvalue weighted by molar-refractivity contribution is 7.89. The number of nitrogens with zero attached hydrogens (tertiary/aromatic N) is 2. The molecule has 140 valence electrons. The van der Waals surface area contributed by atoms with E-state index >= 15 is 0 Å². The first-order valence-electron chi connectivity index (χ1n) is 9.07. The molecule has 0 radical (unpaired) electrons. The third-order valence-electron chi connectivity index (χ3n) is 4.43. The lowest BCUT2D eigenvalue weighted by atomic mass is 10.2. The Bertz CT molecular complexity index is 628. The Balaban J connectivity index is 2.01. The van der Waals surface area contributed by atoms with Gasteiger partial charge in [-0.1, -0.05) is 38.0 Å². The summed E-state index contributed by atoms with van der Waals surface area (Å²) in [5, 5.41) is 3.16. The standard InChI is InChI=1S/C18H29N3O3S/c1-2-3-7-12-20(18(22)17-8-5-4-6-9-17)15-16-25(23,24)21-13-10-19-11-14-21/h4-6,8-9,19H,2-3,7,10-16H2,1H3. The predicted molar refractivity (Wildman–Crippen MR) is 100 cm³/mol. The van der Waals surface area contributed by atoms with Gasteiger partial charge in [0, 0.05) is 44.8 Å². The normalized spacial score (nSPS) is 15.9. The number of amides is 1. The first-order valence-corrected chi connectivity index (χ1v) is 10.7. The van der Waals surface area contributed by atoms with E-state index in [0.29, 0.717) is 38.3 Å². The molecule has 2 rings (SSSR count). The molecule has 0 aliphatic carbocycles. The number of benzene rings is 1. The summed E-state index contributed by atoms with van der Waals surface area (Å²) in [6.07, 6.45) is 2.98. The number of sulfonamides is 1. The predicted octanol–water partition coefficient (Wildman–Crippen LogP) is 1.55. The lowest BCUT2D eigenvalue weighted by Gasteiger charge is -2.28. The largest absolute Gasteiger partial charge is 0.338 e. The van der Waals surface area contributed by atoms with Gasteiger partial charge in [0.1, 0.15) is 0 Å². The number of rotatable bonds is 9. The molecule has 1 fully saturated rings. The van der Waals surface area contributed by atoms with Crippen LogP contribution in [-0.2, 0) is 10.0 Å². The number of unbranched alkanes of at least 4 members (excludes halogenated alkanes) is 2. The van der Waals surface area contributed by atoms with Crippen molar-refractivity contribution in [3.8, 4) is 0 Å². The fraction of sp³-hybridized carbons (Fsp3) is 0.611. The maximum atomic E-state index is 12.7. The van der Waals surface area contributed by atoms with Gasteiger partial charge < -0.3 is 10.2 Å². The highest BCUT2D eigenvalue weighted by Crippen LogP contribution is 2.10. The van der Waals surface area contributed by atoms with Gasteiger partial charge in [-0.15, -0.1) is 0 Å². The van der Waals surface area contributed by atoms with Crippen molar-refractivity contribution in [2.75, 3.05) is 45.0 Å². The summed E-state index contributed by atoms with van der Waals surface area (Å²) in [4.78, 5) is 14.4. The van der Waals surface area contributed by atoms with Gasteiger partial charge in [0.15, 0.2) is 0 Å². The van der Waals surface area contributed by atoms with E-state index in [0.717, 1.165) is 19.3 Å². The van der Waals surface area contributed by atoms with Crippen molar-refractivity contribution in [1.29, 1.82) is 0 Å². The van der Waals surface area contributed by atoms with Crippen molar-refractivity contribution in [3.63, 3.8) is 0 Å². The van der Waals surface area contributed by atoms with Crippen LogP contribution in [0.5, 0.6) is 0 Å². The van der Waals surface area contributed by atoms with Gasteiger partial charge in [0.2, 0.25) is 10.0 Å². The van der Waals surface area contributed by atoms with Crippen molar-refractivity contribution in [2.45, 2.75) is 26.2 Å². The first-order chi connectivity index (χ1) is 12.0. The molecule has 0 spiro atoms. The van der Waals surface area contributed by atoms with E-state index in [1.165, 1.54) is 4.31 Å². The Morgan fingerprint density at radius 3 is 2.44 bits per heavy atom. The van der Waals surface area contributed by atoms with Gasteiger partial charge in [-0.3, -0.25) is 4.79 Å². The molecule has 0 unspecified atom stereocenters. The molecule has 1 N–H and O–H groups in total. The van der Waals surface area contributed by atoms with Crippen LogP contribution in [0.2, 0.25) is 0 Å². The maximum Gasteiger partial charge on any atom is 0.253 e. The van der Waals surface area contributed by atoms with Gasteiger partial charge in [0.25, 0.3) is 5.91 Å². The second-order valence-corrected chi connectivity index (χ2v) is 8.42. The van der Waals surface area contributed by atoms with Crippen LogP contribution in [-0.4, -0.2) is 68.6 Å². The summed E-state index contributed by atoms with van der Waals surface area (Å²) < 4.78 is 26.6. The van der Waals surface area contributed by atoms with Gasteiger partial charge in [-0.25, -0.2) is 8.42 Å². The van der Waals surface area contributed by atoms with Crippen LogP contribution >= 0.6 is 0 Å². The molecule has 0 saturated carbocycles. The molecule has 0 aromatic heterocycles. The SMILES string of the molecule is CCCCCN(CCS(=O)(=O)N1CCNCC1)C(=O)c1ccccc1. The highest BCUT2D eigenvalue weighted by atomic mass is 32.2. The molecule has 0 atom stereocenters. The van der Waals surface area contributed by atoms with Gasteiger partial charge in [-0.2, -0.15) is 4.31 Å². The summed E-state index contributed by atoms with van der Waals surface area (Å²) in [6.45, 7) is 5.32. The highest BCUT2D eigenvalue weighted by Gasteiger charge is 2.25. The van der Waals surface area contributed by atoms with Crippen molar-refractivity contribution in [3.05, 3.63) is 35.9 Å². The number of nitrogens with one attached hydrogen (secondary N) is 1. The lowest BCUT2D eigenvalue weighted by molar-refractivity contribution is 0.0762. The Labute approximate surface area is 151 Å². The van der Waals surface area contributed by atoms with Crippen LogP contribution in [0.15, 0.2) is 30.3 Å². The average Bonchev–Trinajstić information content (AvgIpc) is 2.65. The Morgan fingerprint density at radius 2 is 1.80 bits per heavy atom. The van der Waals surface area contributed by atoms with Gasteiger partial charge in [-0.05, 0) is 18.6 Å². The summed E-state index contributed by atoms with van der Waals surface area (Å²) in [5.41, 5.74) is 0.610. The van der Waals surface area contributed by atoms with E-state index in [4.69, 9.17) is 0 Å². The molecule has 1 aromatic rings. The van der Waals surface area contributed by atoms with E-state index in [1.807, 2.05) is 18.2 Å². The van der Waals surface area contributed by atoms with Crippen molar-refractivity contribution < 1.29 is 13.2 Å². The summed E-state index contributed by atoms with van der Waals surface area (Å²) >= 11 is 0. The van der Waals surface area contributed by atoms with Crippen LogP contribution in [0.4, 0.5) is 0 Å². The second kappa shape index (κ2) is 9.89. The van der Waals surface area contributed by atoms with Crippen molar-refractivity contribution in [1.82, 2.24) is 14.5 Å². The number of hydrogen-bond acceptors (Lipinski definition) is 4. The Kier molecular flexibility index (Phi) is 7.87. The number of piperazine rings is 1. The number of carbonyl (C=O) groups excluding carboxylic acids is 1. The van der Waals surface area contributed by atoms with Crippen LogP contribution < -0.4 is 5.32 Å². The summed E-state index contributed by atoms with van der Waals surface area (Å²) in [6, 6.07) is 9.08. The van der Waals surface area contributed by atoms with Crippen molar-refractivity contribution >= 4 is 15.9 Å². The topological polar surface area (TPSA) is 69.7 Å². The van der Waals surface area contributed by atoms with E-state index in [9.17, 15) is 13.2 Å². The molecule has 0 bridgehead atoms. The molecule has 6 nitrogen and oxygen atoms in total. The van der Waals surface area contributed by atoms with Crippen molar-refractivity contribution in [2.24, 2.45) is 0 Å². The van der Waals surface area contributed by atoms with E-state index < -0.39 is 10.0 Å². The molecular weight excluding hydrogens is 338 g/mol. The maximum absolute atomic E-state index is 12.7. The molecule has 7 heteroatoms. The molecular formula is C18H29N3O3S. The zero-order valence-corrected chi connectivity index (χ0v) is 15.8. The smallest absolute Gasteiger partial charge is 0.253 e. The number of carbonyl (C=O) groups is 1. The van der Waals surface area contributed by atoms with E-state index in [-0.39, 0.29) is 18.2 Å². The molecule has 1 heterocycles. The average molecular weight is 368 g/mol. The zero-order valence-electron chi connectivity index (χ0n) is 15.0. The quantitative estimate of drug-likeness (QED) is 0.673. The second-order valence-electron chi connectivity index (χ2n) is 6.33. The monoisotopic (exact) mass is 367 g/mol. The fourth-order valence-corrected chi connectivity index (χ4v) is 4.36. The zero-order chi connectivity index (χ0) is 18.1. The van der Waals surface area contributed by atoms with Gasteiger partial charge in [0.05, 0.1) is 5.75 Å². The van der Waals surface area contributed by atoms with E-state index in [1.54, 1.807) is 17.0 Å². The third kappa shape index (κ3) is 6.09. The van der Waals surface area contributed by atoms with Crippen LogP contribution in [0.1, 0.15) is 36.5 Å². The van der Waals surface area contributed by atoms with E-state index in [2.05, 4.69) is 12.2 Å². The summed E-state index contributed by atoms with van der Waals surface area (Å²) in [7, 11) is -3.33. The minimum atomic E-state index is -3.33. The lowest BCUT2D eigenvalue weighted by Crippen LogP contribution is -2.48. The van der Waals surface area contributed by atoms with Crippen LogP contribution in [0.25, 0.3) is 0 Å². The minimum Gasteiger partial charge on any atom is -0.338 e. The molecule has 1 aliphatic heterocycles. The molecule has 1 saturated heterocycles. The number of hydrogen-bond donors (Lipinski definition) is 1. The van der Waals surface area contributed by atoms with Crippen LogP contribution in [0, 0.1) is 0 Å². The first kappa shape index (κ1) is 19.9. The summed E-state index contributed by atoms with van der Waals surface area (Å²) in [5.74, 6) is -0.107. The van der Waals surface area contributed by atoms with Crippen LogP contribution in [0.3, 0.4) is 0 Å².